The molecular formula is C6H3Cl3IN. The van der Waals surface area contributed by atoms with Gasteiger partial charge in [-0.3, -0.25) is 0 Å². The second-order valence-corrected chi connectivity index (χ2v) is 4.15. The van der Waals surface area contributed by atoms with Crippen molar-refractivity contribution in [2.75, 3.05) is 5.73 Å². The van der Waals surface area contributed by atoms with Crippen molar-refractivity contribution in [3.8, 4) is 0 Å². The second kappa shape index (κ2) is 3.56. The number of halogens is 4. The van der Waals surface area contributed by atoms with Crippen LogP contribution in [0.2, 0.25) is 15.1 Å². The summed E-state index contributed by atoms with van der Waals surface area (Å²) >= 11 is 19.2. The minimum atomic E-state index is 0.426. The Morgan fingerprint density at radius 2 is 1.73 bits per heavy atom. The predicted molar refractivity (Wildman–Crippen MR) is 58.6 cm³/mol. The number of nitrogens with two attached hydrogens (primary N) is 1. The molecule has 0 aliphatic rings. The van der Waals surface area contributed by atoms with Gasteiger partial charge in [-0.15, -0.1) is 0 Å². The zero-order valence-corrected chi connectivity index (χ0v) is 9.59. The van der Waals surface area contributed by atoms with Gasteiger partial charge in [0.15, 0.2) is 0 Å². The molecule has 0 saturated heterocycles. The van der Waals surface area contributed by atoms with E-state index in [1.165, 1.54) is 6.07 Å². The fraction of sp³-hybridized carbons (Fsp3) is 0. The van der Waals surface area contributed by atoms with E-state index in [1.807, 2.05) is 22.6 Å². The lowest BCUT2D eigenvalue weighted by Gasteiger charge is -2.04. The lowest BCUT2D eigenvalue weighted by Crippen LogP contribution is -1.91. The van der Waals surface area contributed by atoms with Crippen molar-refractivity contribution in [3.05, 3.63) is 24.7 Å². The first-order valence-electron chi connectivity index (χ1n) is 2.62. The van der Waals surface area contributed by atoms with Crippen LogP contribution in [0.25, 0.3) is 0 Å². The predicted octanol–water partition coefficient (Wildman–Crippen LogP) is 3.83. The zero-order chi connectivity index (χ0) is 8.59. The van der Waals surface area contributed by atoms with E-state index >= 15 is 0 Å². The van der Waals surface area contributed by atoms with Crippen LogP contribution in [-0.2, 0) is 0 Å². The topological polar surface area (TPSA) is 26.0 Å². The van der Waals surface area contributed by atoms with Gasteiger partial charge >= 0.3 is 0 Å². The highest BCUT2D eigenvalue weighted by atomic mass is 127. The van der Waals surface area contributed by atoms with Gasteiger partial charge in [0.25, 0.3) is 0 Å². The maximum Gasteiger partial charge on any atom is 0.0747 e. The highest BCUT2D eigenvalue weighted by Gasteiger charge is 2.09. The smallest absolute Gasteiger partial charge is 0.0747 e. The standard InChI is InChI=1S/C6H3Cl3IN/c7-2-1-3(8)6(11)5(10)4(2)9/h1H,11H2. The van der Waals surface area contributed by atoms with E-state index in [0.717, 1.165) is 0 Å². The van der Waals surface area contributed by atoms with Gasteiger partial charge in [-0.2, -0.15) is 0 Å². The van der Waals surface area contributed by atoms with Crippen molar-refractivity contribution in [2.24, 2.45) is 0 Å². The first kappa shape index (κ1) is 9.71. The summed E-state index contributed by atoms with van der Waals surface area (Å²) < 4.78 is 0.696. The Kier molecular flexibility index (Phi) is 3.14. The molecule has 0 unspecified atom stereocenters. The Morgan fingerprint density at radius 1 is 1.18 bits per heavy atom. The molecule has 0 aliphatic carbocycles. The van der Waals surface area contributed by atoms with Crippen LogP contribution in [0.3, 0.4) is 0 Å². The van der Waals surface area contributed by atoms with E-state index in [9.17, 15) is 0 Å². The van der Waals surface area contributed by atoms with Crippen molar-refractivity contribution in [1.82, 2.24) is 0 Å². The number of hydrogen-bond donors (Lipinski definition) is 1. The molecule has 1 nitrogen and oxygen atoms in total. The molecule has 0 heterocycles. The molecule has 0 atom stereocenters. The Bertz CT molecular complexity index is 274. The summed E-state index contributed by atoms with van der Waals surface area (Å²) in [6.45, 7) is 0. The Morgan fingerprint density at radius 3 is 2.27 bits per heavy atom. The minimum absolute atomic E-state index is 0.426. The van der Waals surface area contributed by atoms with E-state index < -0.39 is 0 Å². The van der Waals surface area contributed by atoms with Gasteiger partial charge in [0.1, 0.15) is 0 Å². The monoisotopic (exact) mass is 321 g/mol. The third-order valence-corrected chi connectivity index (χ3v) is 3.69. The van der Waals surface area contributed by atoms with Gasteiger partial charge in [-0.25, -0.2) is 0 Å². The van der Waals surface area contributed by atoms with Crippen LogP contribution in [0.4, 0.5) is 5.69 Å². The highest BCUT2D eigenvalue weighted by Crippen LogP contribution is 2.36. The molecule has 0 bridgehead atoms. The van der Waals surface area contributed by atoms with Crippen LogP contribution in [0.5, 0.6) is 0 Å². The summed E-state index contributed by atoms with van der Waals surface area (Å²) in [6.07, 6.45) is 0. The van der Waals surface area contributed by atoms with Gasteiger partial charge in [-0.1, -0.05) is 34.8 Å². The third kappa shape index (κ3) is 1.86. The molecule has 60 valence electrons. The molecule has 0 amide bonds. The normalized spacial score (nSPS) is 10.2. The van der Waals surface area contributed by atoms with Crippen molar-refractivity contribution < 1.29 is 0 Å². The first-order valence-corrected chi connectivity index (χ1v) is 4.83. The molecule has 1 rings (SSSR count). The molecule has 2 N–H and O–H groups in total. The lowest BCUT2D eigenvalue weighted by molar-refractivity contribution is 1.62. The molecule has 1 aromatic rings. The van der Waals surface area contributed by atoms with E-state index in [4.69, 9.17) is 40.5 Å². The average molecular weight is 322 g/mol. The van der Waals surface area contributed by atoms with Gasteiger partial charge in [-0.05, 0) is 28.7 Å². The Balaban J connectivity index is 3.46. The summed E-state index contributed by atoms with van der Waals surface area (Å²) in [7, 11) is 0. The van der Waals surface area contributed by atoms with Gasteiger partial charge in [0.05, 0.1) is 24.3 Å². The van der Waals surface area contributed by atoms with Crippen LogP contribution >= 0.6 is 57.4 Å². The quantitative estimate of drug-likeness (QED) is 0.334. The summed E-state index contributed by atoms with van der Waals surface area (Å²) in [4.78, 5) is 0. The molecule has 1 aromatic carbocycles. The van der Waals surface area contributed by atoms with Crippen LogP contribution in [0, 0.1) is 3.57 Å². The molecule has 5 heteroatoms. The van der Waals surface area contributed by atoms with Crippen LogP contribution in [0.1, 0.15) is 0 Å². The number of rotatable bonds is 0. The van der Waals surface area contributed by atoms with E-state index in [1.54, 1.807) is 0 Å². The van der Waals surface area contributed by atoms with Crippen LogP contribution in [0.15, 0.2) is 6.07 Å². The van der Waals surface area contributed by atoms with Crippen molar-refractivity contribution in [3.63, 3.8) is 0 Å². The Hall–Kier alpha value is 0.620. The second-order valence-electron chi connectivity index (χ2n) is 1.88. The van der Waals surface area contributed by atoms with Crippen LogP contribution < -0.4 is 5.73 Å². The van der Waals surface area contributed by atoms with E-state index in [-0.39, 0.29) is 0 Å². The number of benzene rings is 1. The van der Waals surface area contributed by atoms with Gasteiger partial charge < -0.3 is 5.73 Å². The maximum absolute atomic E-state index is 5.78. The largest absolute Gasteiger partial charge is 0.397 e. The Labute approximate surface area is 92.9 Å². The fourth-order valence-electron chi connectivity index (χ4n) is 0.580. The van der Waals surface area contributed by atoms with Gasteiger partial charge in [0.2, 0.25) is 0 Å². The number of nitrogen functional groups attached to an aromatic ring is 1. The SMILES string of the molecule is Nc1c(Cl)cc(Cl)c(Cl)c1I. The van der Waals surface area contributed by atoms with E-state index in [0.29, 0.717) is 24.3 Å². The lowest BCUT2D eigenvalue weighted by atomic mass is 10.3. The molecule has 0 aromatic heterocycles. The molecule has 0 spiro atoms. The molecule has 0 radical (unpaired) electrons. The summed E-state index contributed by atoms with van der Waals surface area (Å²) in [5.41, 5.74) is 6.04. The molecule has 0 fully saturated rings. The van der Waals surface area contributed by atoms with Crippen LogP contribution in [-0.4, -0.2) is 0 Å². The molecule has 0 aliphatic heterocycles. The number of hydrogen-bond acceptors (Lipinski definition) is 1. The van der Waals surface area contributed by atoms with Crippen molar-refractivity contribution >= 4 is 63.1 Å². The molecule has 11 heavy (non-hydrogen) atoms. The fourth-order valence-corrected chi connectivity index (χ4v) is 2.10. The average Bonchev–Trinajstić information content (AvgIpc) is 1.97. The van der Waals surface area contributed by atoms with Crippen molar-refractivity contribution in [1.29, 1.82) is 0 Å². The summed E-state index contributed by atoms with van der Waals surface area (Å²) in [6, 6.07) is 1.53. The van der Waals surface area contributed by atoms with Gasteiger partial charge in [0, 0.05) is 0 Å². The first-order chi connectivity index (χ1) is 5.04. The maximum atomic E-state index is 5.78. The number of anilines is 1. The summed E-state index contributed by atoms with van der Waals surface area (Å²) in [5.74, 6) is 0. The molecular weight excluding hydrogens is 319 g/mol. The van der Waals surface area contributed by atoms with Crippen molar-refractivity contribution in [2.45, 2.75) is 0 Å². The molecule has 0 saturated carbocycles. The highest BCUT2D eigenvalue weighted by molar-refractivity contribution is 14.1. The zero-order valence-electron chi connectivity index (χ0n) is 5.17. The minimum Gasteiger partial charge on any atom is -0.397 e. The third-order valence-electron chi connectivity index (χ3n) is 1.15. The van der Waals surface area contributed by atoms with E-state index in [2.05, 4.69) is 0 Å². The summed E-state index contributed by atoms with van der Waals surface area (Å²) in [5, 5.41) is 1.31.